The Bertz CT molecular complexity index is 1100. The van der Waals surface area contributed by atoms with E-state index in [-0.39, 0.29) is 5.91 Å². The summed E-state index contributed by atoms with van der Waals surface area (Å²) in [5.74, 6) is 0.905. The standard InChI is InChI=1S/C23H28N8O/c1-4-21(32)26-17-6-5-7-18(12-17)27-22-16(2)13-24-23(29-22)28-19-14-25-31(15-19)20-8-10-30(3)11-9-20/h4-7,12-15,20H,1,8-11H2,2-3H3,(H,26,32)(H2,24,27,28,29). The molecule has 1 fully saturated rings. The third-order valence-electron chi connectivity index (χ3n) is 5.47. The van der Waals surface area contributed by atoms with Crippen LogP contribution < -0.4 is 16.0 Å². The summed E-state index contributed by atoms with van der Waals surface area (Å²) in [5, 5.41) is 13.8. The fourth-order valence-corrected chi connectivity index (χ4v) is 3.62. The van der Waals surface area contributed by atoms with Crippen LogP contribution in [0.4, 0.5) is 28.8 Å². The van der Waals surface area contributed by atoms with Gasteiger partial charge >= 0.3 is 0 Å². The number of piperidine rings is 1. The molecule has 1 aliphatic heterocycles. The number of anilines is 5. The van der Waals surface area contributed by atoms with E-state index in [1.54, 1.807) is 12.4 Å². The molecule has 166 valence electrons. The lowest BCUT2D eigenvalue weighted by Crippen LogP contribution is -2.31. The zero-order chi connectivity index (χ0) is 22.5. The number of likely N-dealkylation sites (tertiary alicyclic amines) is 1. The molecule has 0 spiro atoms. The second-order valence-corrected chi connectivity index (χ2v) is 7.99. The monoisotopic (exact) mass is 432 g/mol. The van der Waals surface area contributed by atoms with Crippen molar-refractivity contribution in [2.24, 2.45) is 0 Å². The Hall–Kier alpha value is -3.72. The number of nitrogens with zero attached hydrogens (tertiary/aromatic N) is 5. The SMILES string of the molecule is C=CC(=O)Nc1cccc(Nc2nc(Nc3cnn(C4CCN(C)CC4)c3)ncc2C)c1. The maximum Gasteiger partial charge on any atom is 0.247 e. The van der Waals surface area contributed by atoms with Crippen LogP contribution in [0.2, 0.25) is 0 Å². The van der Waals surface area contributed by atoms with Crippen molar-refractivity contribution in [2.75, 3.05) is 36.1 Å². The van der Waals surface area contributed by atoms with Gasteiger partial charge in [0.15, 0.2) is 0 Å². The highest BCUT2D eigenvalue weighted by Gasteiger charge is 2.19. The summed E-state index contributed by atoms with van der Waals surface area (Å²) < 4.78 is 2.03. The first kappa shape index (κ1) is 21.5. The molecule has 9 heteroatoms. The number of hydrogen-bond acceptors (Lipinski definition) is 7. The van der Waals surface area contributed by atoms with Crippen molar-refractivity contribution in [3.63, 3.8) is 0 Å². The van der Waals surface area contributed by atoms with E-state index in [0.717, 1.165) is 42.9 Å². The van der Waals surface area contributed by atoms with Crippen LogP contribution in [0.3, 0.4) is 0 Å². The van der Waals surface area contributed by atoms with Gasteiger partial charge in [-0.3, -0.25) is 9.48 Å². The predicted molar refractivity (Wildman–Crippen MR) is 127 cm³/mol. The van der Waals surface area contributed by atoms with Crippen LogP contribution in [0, 0.1) is 6.92 Å². The molecule has 1 saturated heterocycles. The average molecular weight is 433 g/mol. The summed E-state index contributed by atoms with van der Waals surface area (Å²) in [6.07, 6.45) is 9.01. The molecular weight excluding hydrogens is 404 g/mol. The van der Waals surface area contributed by atoms with Gasteiger partial charge in [0.05, 0.1) is 17.9 Å². The summed E-state index contributed by atoms with van der Waals surface area (Å²) in [5.41, 5.74) is 3.23. The van der Waals surface area contributed by atoms with Crippen molar-refractivity contribution >= 4 is 34.7 Å². The van der Waals surface area contributed by atoms with Crippen molar-refractivity contribution in [3.05, 3.63) is 61.1 Å². The predicted octanol–water partition coefficient (Wildman–Crippen LogP) is 3.86. The fourth-order valence-electron chi connectivity index (χ4n) is 3.62. The Balaban J connectivity index is 1.45. The molecule has 4 rings (SSSR count). The molecule has 0 saturated carbocycles. The van der Waals surface area contributed by atoms with E-state index in [0.29, 0.717) is 23.5 Å². The van der Waals surface area contributed by atoms with Crippen molar-refractivity contribution in [2.45, 2.75) is 25.8 Å². The van der Waals surface area contributed by atoms with Gasteiger partial charge in [-0.15, -0.1) is 0 Å². The van der Waals surface area contributed by atoms with Crippen molar-refractivity contribution in [3.8, 4) is 0 Å². The Labute approximate surface area is 187 Å². The molecule has 3 aromatic rings. The van der Waals surface area contributed by atoms with Crippen LogP contribution in [0.5, 0.6) is 0 Å². The minimum atomic E-state index is -0.257. The first-order valence-corrected chi connectivity index (χ1v) is 10.6. The number of hydrogen-bond donors (Lipinski definition) is 3. The van der Waals surface area contributed by atoms with Crippen LogP contribution >= 0.6 is 0 Å². The number of rotatable bonds is 7. The Morgan fingerprint density at radius 2 is 1.94 bits per heavy atom. The fraction of sp³-hybridized carbons (Fsp3) is 0.304. The third kappa shape index (κ3) is 5.30. The zero-order valence-electron chi connectivity index (χ0n) is 18.4. The second kappa shape index (κ2) is 9.61. The first-order valence-electron chi connectivity index (χ1n) is 10.6. The Morgan fingerprint density at radius 1 is 1.16 bits per heavy atom. The number of benzene rings is 1. The minimum absolute atomic E-state index is 0.257. The minimum Gasteiger partial charge on any atom is -0.340 e. The highest BCUT2D eigenvalue weighted by atomic mass is 16.1. The molecular formula is C23H28N8O. The molecule has 0 aliphatic carbocycles. The largest absolute Gasteiger partial charge is 0.340 e. The molecule has 1 aliphatic rings. The first-order chi connectivity index (χ1) is 15.5. The van der Waals surface area contributed by atoms with Gasteiger partial charge in [0, 0.05) is 29.3 Å². The topological polar surface area (TPSA) is 100 Å². The number of carbonyl (C=O) groups is 1. The zero-order valence-corrected chi connectivity index (χ0v) is 18.4. The summed E-state index contributed by atoms with van der Waals surface area (Å²) in [6, 6.07) is 7.83. The highest BCUT2D eigenvalue weighted by molar-refractivity contribution is 5.99. The smallest absolute Gasteiger partial charge is 0.247 e. The Kier molecular flexibility index (Phi) is 6.46. The summed E-state index contributed by atoms with van der Waals surface area (Å²) in [7, 11) is 2.15. The van der Waals surface area contributed by atoms with Gasteiger partial charge in [-0.05, 0) is 64.2 Å². The molecule has 9 nitrogen and oxygen atoms in total. The van der Waals surface area contributed by atoms with Crippen LogP contribution in [-0.2, 0) is 4.79 Å². The van der Waals surface area contributed by atoms with E-state index in [2.05, 4.69) is 49.5 Å². The average Bonchev–Trinajstić information content (AvgIpc) is 3.25. The number of aryl methyl sites for hydroxylation is 1. The van der Waals surface area contributed by atoms with Crippen LogP contribution in [0.15, 0.2) is 55.5 Å². The van der Waals surface area contributed by atoms with Crippen molar-refractivity contribution < 1.29 is 4.79 Å². The molecule has 3 heterocycles. The maximum absolute atomic E-state index is 11.6. The van der Waals surface area contributed by atoms with Crippen molar-refractivity contribution in [1.29, 1.82) is 0 Å². The Morgan fingerprint density at radius 3 is 2.72 bits per heavy atom. The maximum atomic E-state index is 11.6. The normalized spacial score (nSPS) is 14.7. The quantitative estimate of drug-likeness (QED) is 0.488. The molecule has 1 aromatic carbocycles. The number of carbonyl (C=O) groups excluding carboxylic acids is 1. The van der Waals surface area contributed by atoms with Gasteiger partial charge in [-0.25, -0.2) is 4.98 Å². The number of amides is 1. The van der Waals surface area contributed by atoms with E-state index in [9.17, 15) is 4.79 Å². The lowest BCUT2D eigenvalue weighted by Gasteiger charge is -2.28. The molecule has 32 heavy (non-hydrogen) atoms. The lowest BCUT2D eigenvalue weighted by atomic mass is 10.1. The molecule has 1 amide bonds. The van der Waals surface area contributed by atoms with Gasteiger partial charge in [0.25, 0.3) is 0 Å². The molecule has 0 unspecified atom stereocenters. The van der Waals surface area contributed by atoms with Gasteiger partial charge in [0.1, 0.15) is 5.82 Å². The van der Waals surface area contributed by atoms with E-state index < -0.39 is 0 Å². The number of aromatic nitrogens is 4. The van der Waals surface area contributed by atoms with E-state index in [1.807, 2.05) is 42.1 Å². The second-order valence-electron chi connectivity index (χ2n) is 7.99. The van der Waals surface area contributed by atoms with E-state index >= 15 is 0 Å². The van der Waals surface area contributed by atoms with Crippen molar-refractivity contribution in [1.82, 2.24) is 24.6 Å². The van der Waals surface area contributed by atoms with E-state index in [4.69, 9.17) is 0 Å². The number of nitrogens with one attached hydrogen (secondary N) is 3. The van der Waals surface area contributed by atoms with Crippen LogP contribution in [-0.4, -0.2) is 50.7 Å². The third-order valence-corrected chi connectivity index (χ3v) is 5.47. The van der Waals surface area contributed by atoms with E-state index in [1.165, 1.54) is 6.08 Å². The van der Waals surface area contributed by atoms with Gasteiger partial charge in [-0.1, -0.05) is 12.6 Å². The highest BCUT2D eigenvalue weighted by Crippen LogP contribution is 2.25. The lowest BCUT2D eigenvalue weighted by molar-refractivity contribution is -0.111. The molecule has 0 atom stereocenters. The summed E-state index contributed by atoms with van der Waals surface area (Å²) in [6.45, 7) is 7.58. The molecule has 3 N–H and O–H groups in total. The van der Waals surface area contributed by atoms with Crippen LogP contribution in [0.25, 0.3) is 0 Å². The molecule has 0 bridgehead atoms. The molecule has 0 radical (unpaired) electrons. The summed E-state index contributed by atoms with van der Waals surface area (Å²) >= 11 is 0. The van der Waals surface area contributed by atoms with Gasteiger partial charge < -0.3 is 20.9 Å². The van der Waals surface area contributed by atoms with Gasteiger partial charge in [0.2, 0.25) is 11.9 Å². The van der Waals surface area contributed by atoms with Gasteiger partial charge in [-0.2, -0.15) is 10.1 Å². The molecule has 2 aromatic heterocycles. The van der Waals surface area contributed by atoms with Crippen LogP contribution in [0.1, 0.15) is 24.4 Å². The summed E-state index contributed by atoms with van der Waals surface area (Å²) in [4.78, 5) is 22.9.